The number of pyridine rings is 1. The number of aliphatic hydroxyl groups is 1. The number of methoxy groups -OCH3 is 2. The van der Waals surface area contributed by atoms with Gasteiger partial charge in [-0.1, -0.05) is 81.4 Å². The number of rotatable bonds is 16. The van der Waals surface area contributed by atoms with Crippen LogP contribution >= 0.6 is 0 Å². The molecule has 51 heavy (non-hydrogen) atoms. The third kappa shape index (κ3) is 13.0. The van der Waals surface area contributed by atoms with E-state index < -0.39 is 72.0 Å². The second-order valence-electron chi connectivity index (χ2n) is 13.2. The number of nitrogens with two attached hydrogens (primary N) is 1. The van der Waals surface area contributed by atoms with Gasteiger partial charge in [-0.05, 0) is 47.9 Å². The molecule has 0 aliphatic carbocycles. The number of carbonyl (C=O) groups excluding carboxylic acids is 5. The first kappa shape index (κ1) is 39.9. The number of hydrogen-bond donors (Lipinski definition) is 6. The summed E-state index contributed by atoms with van der Waals surface area (Å²) in [5.41, 5.74) is 7.95. The van der Waals surface area contributed by atoms with Crippen molar-refractivity contribution in [1.29, 1.82) is 0 Å². The quantitative estimate of drug-likeness (QED) is 0.129. The summed E-state index contributed by atoms with van der Waals surface area (Å²) in [5.74, 6) is -2.10. The molecule has 14 heteroatoms. The molecule has 7 N–H and O–H groups in total. The van der Waals surface area contributed by atoms with Crippen LogP contribution < -0.4 is 27.0 Å². The maximum absolute atomic E-state index is 13.8. The van der Waals surface area contributed by atoms with Gasteiger partial charge in [0.15, 0.2) is 0 Å². The third-order valence-corrected chi connectivity index (χ3v) is 8.13. The monoisotopic (exact) mass is 704 g/mol. The number of primary amides is 1. The highest BCUT2D eigenvalue weighted by atomic mass is 16.5. The minimum atomic E-state index is -1.37. The van der Waals surface area contributed by atoms with Crippen LogP contribution in [0.2, 0.25) is 0 Å². The fourth-order valence-corrected chi connectivity index (χ4v) is 5.46. The summed E-state index contributed by atoms with van der Waals surface area (Å²) in [6.45, 7) is 5.39. The summed E-state index contributed by atoms with van der Waals surface area (Å²) in [6.07, 6.45) is -1.36. The van der Waals surface area contributed by atoms with Crippen LogP contribution in [-0.4, -0.2) is 84.5 Å². The number of aromatic nitrogens is 1. The van der Waals surface area contributed by atoms with Crippen molar-refractivity contribution in [1.82, 2.24) is 26.3 Å². The van der Waals surface area contributed by atoms with Gasteiger partial charge in [0.2, 0.25) is 17.7 Å². The Hall–Kier alpha value is -5.50. The lowest BCUT2D eigenvalue weighted by Crippen LogP contribution is -2.57. The summed E-state index contributed by atoms with van der Waals surface area (Å²) < 4.78 is 9.36. The number of aliphatic hydroxyl groups excluding tert-OH is 1. The summed E-state index contributed by atoms with van der Waals surface area (Å²) in [6, 6.07) is 18.4. The van der Waals surface area contributed by atoms with Crippen LogP contribution in [0.25, 0.3) is 11.3 Å². The minimum absolute atomic E-state index is 0.0362. The predicted octanol–water partition coefficient (Wildman–Crippen LogP) is 2.63. The van der Waals surface area contributed by atoms with Gasteiger partial charge in [0, 0.05) is 17.8 Å². The van der Waals surface area contributed by atoms with Gasteiger partial charge in [0.05, 0.1) is 38.5 Å². The van der Waals surface area contributed by atoms with E-state index in [0.29, 0.717) is 0 Å². The average Bonchev–Trinajstić information content (AvgIpc) is 3.10. The van der Waals surface area contributed by atoms with Gasteiger partial charge in [-0.15, -0.1) is 0 Å². The van der Waals surface area contributed by atoms with E-state index in [1.165, 1.54) is 7.11 Å². The highest BCUT2D eigenvalue weighted by molar-refractivity contribution is 5.90. The maximum atomic E-state index is 13.8. The van der Waals surface area contributed by atoms with Crippen molar-refractivity contribution < 1.29 is 38.6 Å². The van der Waals surface area contributed by atoms with Crippen molar-refractivity contribution in [2.75, 3.05) is 14.2 Å². The number of nitrogens with zero attached hydrogens (tertiary/aromatic N) is 1. The number of ether oxygens (including phenoxy) is 2. The first-order valence-corrected chi connectivity index (χ1v) is 16.5. The van der Waals surface area contributed by atoms with E-state index in [9.17, 15) is 29.1 Å². The summed E-state index contributed by atoms with van der Waals surface area (Å²) in [5, 5.41) is 22.5. The zero-order valence-corrected chi connectivity index (χ0v) is 29.6. The molecule has 0 saturated carbocycles. The molecule has 2 aromatic carbocycles. The molecule has 1 heterocycles. The molecule has 0 bridgehead atoms. The topological polar surface area (TPSA) is 211 Å². The van der Waals surface area contributed by atoms with Gasteiger partial charge in [0.1, 0.15) is 12.1 Å². The molecule has 5 atom stereocenters. The van der Waals surface area contributed by atoms with E-state index in [-0.39, 0.29) is 19.3 Å². The first-order chi connectivity index (χ1) is 24.2. The smallest absolute Gasteiger partial charge is 0.407 e. The average molecular weight is 705 g/mol. The van der Waals surface area contributed by atoms with Crippen LogP contribution in [0.4, 0.5) is 9.59 Å². The molecule has 2 unspecified atom stereocenters. The molecular weight excluding hydrogens is 656 g/mol. The van der Waals surface area contributed by atoms with E-state index >= 15 is 0 Å². The van der Waals surface area contributed by atoms with Crippen LogP contribution in [-0.2, 0) is 36.7 Å². The molecule has 0 aliphatic rings. The molecule has 274 valence electrons. The molecule has 14 nitrogen and oxygen atoms in total. The highest BCUT2D eigenvalue weighted by Gasteiger charge is 2.36. The van der Waals surface area contributed by atoms with Crippen LogP contribution in [0.1, 0.15) is 44.7 Å². The number of amides is 5. The summed E-state index contributed by atoms with van der Waals surface area (Å²) in [4.78, 5) is 67.5. The van der Waals surface area contributed by atoms with E-state index in [1.807, 2.05) is 72.8 Å². The maximum Gasteiger partial charge on any atom is 0.407 e. The number of alkyl carbamates (subject to hydrolysis) is 2. The van der Waals surface area contributed by atoms with Crippen LogP contribution in [0, 0.1) is 5.41 Å². The summed E-state index contributed by atoms with van der Waals surface area (Å²) >= 11 is 0. The SMILES string of the molecule is COC(=O)NC(C(=O)NC(Cc1ccc(-c2ccccn2)cc1)C[C@H](O)[C@H](Cc1ccccc1)NC(=O)[C@H](CC(N)=O)NC(=O)OC)C(C)(C)C. The second kappa shape index (κ2) is 19.0. The Morgan fingerprint density at radius 3 is 1.94 bits per heavy atom. The van der Waals surface area contributed by atoms with Gasteiger partial charge < -0.3 is 41.6 Å². The van der Waals surface area contributed by atoms with Crippen molar-refractivity contribution in [3.8, 4) is 11.3 Å². The number of carbonyl (C=O) groups is 5. The Kier molecular flexibility index (Phi) is 14.9. The van der Waals surface area contributed by atoms with E-state index in [1.54, 1.807) is 27.0 Å². The molecule has 3 aromatic rings. The lowest BCUT2D eigenvalue weighted by Gasteiger charge is -2.33. The molecule has 5 amide bonds. The molecule has 0 aliphatic heterocycles. The van der Waals surface area contributed by atoms with E-state index in [0.717, 1.165) is 29.5 Å². The molecule has 0 radical (unpaired) electrons. The zero-order valence-electron chi connectivity index (χ0n) is 29.6. The van der Waals surface area contributed by atoms with Gasteiger partial charge in [-0.3, -0.25) is 19.4 Å². The van der Waals surface area contributed by atoms with Crippen LogP contribution in [0.15, 0.2) is 79.0 Å². The molecule has 0 spiro atoms. The lowest BCUT2D eigenvalue weighted by molar-refractivity contribution is -0.128. The van der Waals surface area contributed by atoms with Crippen LogP contribution in [0.5, 0.6) is 0 Å². The molecule has 1 aromatic heterocycles. The third-order valence-electron chi connectivity index (χ3n) is 8.13. The fraction of sp³-hybridized carbons (Fsp3) is 0.405. The number of nitrogens with one attached hydrogen (secondary N) is 4. The molecule has 0 fully saturated rings. The fourth-order valence-electron chi connectivity index (χ4n) is 5.46. The zero-order chi connectivity index (χ0) is 37.6. The first-order valence-electron chi connectivity index (χ1n) is 16.5. The van der Waals surface area contributed by atoms with E-state index in [2.05, 4.69) is 31.0 Å². The Labute approximate surface area is 297 Å². The van der Waals surface area contributed by atoms with Crippen molar-refractivity contribution in [3.05, 3.63) is 90.1 Å². The molecule has 3 rings (SSSR count). The second-order valence-corrected chi connectivity index (χ2v) is 13.2. The summed E-state index contributed by atoms with van der Waals surface area (Å²) in [7, 11) is 2.32. The normalized spacial score (nSPS) is 14.1. The number of benzene rings is 2. The molecule has 0 saturated heterocycles. The highest BCUT2D eigenvalue weighted by Crippen LogP contribution is 2.22. The Morgan fingerprint density at radius 2 is 1.37 bits per heavy atom. The van der Waals surface area contributed by atoms with Crippen LogP contribution in [0.3, 0.4) is 0 Å². The Balaban J connectivity index is 1.94. The largest absolute Gasteiger partial charge is 0.453 e. The lowest BCUT2D eigenvalue weighted by atomic mass is 9.85. The van der Waals surface area contributed by atoms with Gasteiger partial charge in [0.25, 0.3) is 0 Å². The van der Waals surface area contributed by atoms with Crippen molar-refractivity contribution >= 4 is 29.9 Å². The van der Waals surface area contributed by atoms with Crippen molar-refractivity contribution in [2.45, 2.75) is 76.7 Å². The van der Waals surface area contributed by atoms with Crippen molar-refractivity contribution in [2.24, 2.45) is 11.1 Å². The minimum Gasteiger partial charge on any atom is -0.453 e. The van der Waals surface area contributed by atoms with Gasteiger partial charge >= 0.3 is 12.2 Å². The van der Waals surface area contributed by atoms with Gasteiger partial charge in [-0.2, -0.15) is 0 Å². The standard InChI is InChI=1S/C37H48N6O8/c1-37(2,3)32(43-36(49)51-5)34(47)40-26(19-24-14-16-25(17-15-24)27-13-9-10-18-39-27)21-30(44)28(20-23-11-7-6-8-12-23)41-33(46)29(22-31(38)45)42-35(48)50-4/h6-18,26,28-30,32,44H,19-22H2,1-5H3,(H2,38,45)(H,40,47)(H,41,46)(H,42,48)(H,43,49)/t26?,28-,29-,30-,32?/m0/s1. The Bertz CT molecular complexity index is 1600. The van der Waals surface area contributed by atoms with Crippen molar-refractivity contribution in [3.63, 3.8) is 0 Å². The van der Waals surface area contributed by atoms with E-state index in [4.69, 9.17) is 10.5 Å². The number of hydrogen-bond acceptors (Lipinski definition) is 9. The Morgan fingerprint density at radius 1 is 0.765 bits per heavy atom. The predicted molar refractivity (Wildman–Crippen MR) is 190 cm³/mol. The van der Waals surface area contributed by atoms with Gasteiger partial charge in [-0.25, -0.2) is 9.59 Å². The molecular formula is C37H48N6O8.